The highest BCUT2D eigenvalue weighted by atomic mass is 16.5. The van der Waals surface area contributed by atoms with Crippen LogP contribution in [-0.4, -0.2) is 29.7 Å². The number of urea groups is 1. The minimum atomic E-state index is -0.0144. The molecule has 2 amide bonds. The van der Waals surface area contributed by atoms with Crippen LogP contribution in [0.5, 0.6) is 0 Å². The number of nitrogens with one attached hydrogen (secondary N) is 1. The Balaban J connectivity index is 1.54. The van der Waals surface area contributed by atoms with Crippen molar-refractivity contribution in [3.63, 3.8) is 0 Å². The molecule has 1 aromatic heterocycles. The van der Waals surface area contributed by atoms with E-state index in [-0.39, 0.29) is 6.03 Å². The van der Waals surface area contributed by atoms with E-state index in [1.807, 2.05) is 7.05 Å². The number of carbonyl (C=O) groups is 1. The highest BCUT2D eigenvalue weighted by Gasteiger charge is 2.45. The van der Waals surface area contributed by atoms with Crippen molar-refractivity contribution in [3.05, 3.63) is 17.0 Å². The van der Waals surface area contributed by atoms with Crippen molar-refractivity contribution in [2.75, 3.05) is 13.6 Å². The summed E-state index contributed by atoms with van der Waals surface area (Å²) < 4.78 is 5.42. The second-order valence-corrected chi connectivity index (χ2v) is 7.27. The van der Waals surface area contributed by atoms with Crippen molar-refractivity contribution in [2.45, 2.75) is 58.9 Å². The second-order valence-electron chi connectivity index (χ2n) is 7.27. The number of carbonyl (C=O) groups excluding carboxylic acids is 1. The van der Waals surface area contributed by atoms with Crippen LogP contribution in [0.2, 0.25) is 0 Å². The molecule has 0 saturated heterocycles. The van der Waals surface area contributed by atoms with E-state index in [1.54, 1.807) is 4.90 Å². The highest BCUT2D eigenvalue weighted by molar-refractivity contribution is 5.73. The quantitative estimate of drug-likeness (QED) is 0.909. The minimum absolute atomic E-state index is 0.0144. The monoisotopic (exact) mass is 305 g/mol. The zero-order valence-corrected chi connectivity index (χ0v) is 13.9. The van der Waals surface area contributed by atoms with Crippen LogP contribution in [0, 0.1) is 11.3 Å². The Labute approximate surface area is 132 Å². The molecule has 3 rings (SSSR count). The van der Waals surface area contributed by atoms with Crippen LogP contribution in [-0.2, 0) is 19.4 Å². The van der Waals surface area contributed by atoms with Gasteiger partial charge in [-0.15, -0.1) is 0 Å². The Bertz CT molecular complexity index is 546. The van der Waals surface area contributed by atoms with Gasteiger partial charge in [-0.2, -0.15) is 0 Å². The van der Waals surface area contributed by atoms with Gasteiger partial charge in [0.15, 0.2) is 0 Å². The van der Waals surface area contributed by atoms with E-state index < -0.39 is 0 Å². The third-order valence-electron chi connectivity index (χ3n) is 5.47. The third kappa shape index (κ3) is 2.99. The maximum absolute atomic E-state index is 12.3. The minimum Gasteiger partial charge on any atom is -0.361 e. The molecule has 2 aliphatic rings. The molecule has 5 heteroatoms. The van der Waals surface area contributed by atoms with Gasteiger partial charge in [0.25, 0.3) is 0 Å². The first-order chi connectivity index (χ1) is 10.5. The second kappa shape index (κ2) is 5.94. The standard InChI is InChI=1S/C17H27N3O2/c1-12(2)17(8-9-17)11-18-16(21)20(3)10-14-13-6-4-5-7-15(13)22-19-14/h12H,4-11H2,1-3H3,(H,18,21). The van der Waals surface area contributed by atoms with Crippen molar-refractivity contribution < 1.29 is 9.32 Å². The van der Waals surface area contributed by atoms with Gasteiger partial charge in [0, 0.05) is 25.6 Å². The van der Waals surface area contributed by atoms with Gasteiger partial charge in [-0.3, -0.25) is 0 Å². The van der Waals surface area contributed by atoms with E-state index in [0.29, 0.717) is 17.9 Å². The number of hydrogen-bond acceptors (Lipinski definition) is 3. The Morgan fingerprint density at radius 3 is 2.77 bits per heavy atom. The molecule has 5 nitrogen and oxygen atoms in total. The first-order valence-corrected chi connectivity index (χ1v) is 8.47. The Morgan fingerprint density at radius 2 is 2.09 bits per heavy atom. The summed E-state index contributed by atoms with van der Waals surface area (Å²) in [6.07, 6.45) is 6.83. The van der Waals surface area contributed by atoms with Gasteiger partial charge >= 0.3 is 6.03 Å². The number of fused-ring (bicyclic) bond motifs is 1. The number of nitrogens with zero attached hydrogens (tertiary/aromatic N) is 2. The van der Waals surface area contributed by atoms with E-state index in [2.05, 4.69) is 24.3 Å². The van der Waals surface area contributed by atoms with E-state index in [1.165, 1.54) is 31.2 Å². The van der Waals surface area contributed by atoms with Crippen molar-refractivity contribution >= 4 is 6.03 Å². The summed E-state index contributed by atoms with van der Waals surface area (Å²) in [6, 6.07) is -0.0144. The highest BCUT2D eigenvalue weighted by Crippen LogP contribution is 2.51. The zero-order valence-electron chi connectivity index (χ0n) is 13.9. The van der Waals surface area contributed by atoms with Crippen molar-refractivity contribution in [2.24, 2.45) is 11.3 Å². The Kier molecular flexibility index (Phi) is 4.15. The number of aryl methyl sites for hydroxylation is 1. The van der Waals surface area contributed by atoms with Crippen LogP contribution < -0.4 is 5.32 Å². The van der Waals surface area contributed by atoms with E-state index >= 15 is 0 Å². The predicted molar refractivity (Wildman–Crippen MR) is 84.5 cm³/mol. The van der Waals surface area contributed by atoms with Gasteiger partial charge in [-0.1, -0.05) is 19.0 Å². The summed E-state index contributed by atoms with van der Waals surface area (Å²) in [5.74, 6) is 1.65. The lowest BCUT2D eigenvalue weighted by atomic mass is 9.92. The topological polar surface area (TPSA) is 58.4 Å². The predicted octanol–water partition coefficient (Wildman–Crippen LogP) is 3.13. The van der Waals surface area contributed by atoms with Crippen LogP contribution in [0.4, 0.5) is 4.79 Å². The van der Waals surface area contributed by atoms with Crippen molar-refractivity contribution in [1.82, 2.24) is 15.4 Å². The average molecular weight is 305 g/mol. The van der Waals surface area contributed by atoms with Gasteiger partial charge in [-0.05, 0) is 43.4 Å². The summed E-state index contributed by atoms with van der Waals surface area (Å²) >= 11 is 0. The molecule has 1 saturated carbocycles. The molecule has 1 aromatic rings. The smallest absolute Gasteiger partial charge is 0.317 e. The number of aromatic nitrogens is 1. The summed E-state index contributed by atoms with van der Waals surface area (Å²) in [6.45, 7) is 5.79. The first kappa shape index (κ1) is 15.4. The lowest BCUT2D eigenvalue weighted by Crippen LogP contribution is -2.40. The molecular weight excluding hydrogens is 278 g/mol. The van der Waals surface area contributed by atoms with Gasteiger partial charge in [0.05, 0.1) is 6.54 Å². The molecule has 0 spiro atoms. The van der Waals surface area contributed by atoms with E-state index in [0.717, 1.165) is 30.8 Å². The lowest BCUT2D eigenvalue weighted by Gasteiger charge is -2.23. The number of amides is 2. The maximum atomic E-state index is 12.3. The molecular formula is C17H27N3O2. The van der Waals surface area contributed by atoms with Gasteiger partial charge in [0.2, 0.25) is 0 Å². The van der Waals surface area contributed by atoms with E-state index in [9.17, 15) is 4.79 Å². The fourth-order valence-electron chi connectivity index (χ4n) is 3.38. The normalized spacial score (nSPS) is 18.9. The summed E-state index contributed by atoms with van der Waals surface area (Å²) in [5.41, 5.74) is 2.49. The molecule has 0 bridgehead atoms. The third-order valence-corrected chi connectivity index (χ3v) is 5.47. The van der Waals surface area contributed by atoms with Crippen LogP contribution in [0.3, 0.4) is 0 Å². The molecule has 0 aromatic carbocycles. The molecule has 2 aliphatic carbocycles. The molecule has 1 heterocycles. The van der Waals surface area contributed by atoms with Gasteiger partial charge in [0.1, 0.15) is 11.5 Å². The molecule has 1 N–H and O–H groups in total. The summed E-state index contributed by atoms with van der Waals surface area (Å²) in [5, 5.41) is 7.26. The lowest BCUT2D eigenvalue weighted by molar-refractivity contribution is 0.200. The summed E-state index contributed by atoms with van der Waals surface area (Å²) in [7, 11) is 1.83. The van der Waals surface area contributed by atoms with Crippen LogP contribution in [0.25, 0.3) is 0 Å². The van der Waals surface area contributed by atoms with Crippen molar-refractivity contribution in [3.8, 4) is 0 Å². The Morgan fingerprint density at radius 1 is 1.36 bits per heavy atom. The molecule has 0 atom stereocenters. The molecule has 0 unspecified atom stereocenters. The fourth-order valence-corrected chi connectivity index (χ4v) is 3.38. The molecule has 1 fully saturated rings. The SMILES string of the molecule is CC(C)C1(CNC(=O)N(C)Cc2noc3c2CCCC3)CC1. The van der Waals surface area contributed by atoms with Crippen LogP contribution >= 0.6 is 0 Å². The fraction of sp³-hybridized carbons (Fsp3) is 0.765. The molecule has 0 radical (unpaired) electrons. The zero-order chi connectivity index (χ0) is 15.7. The average Bonchev–Trinajstić information content (AvgIpc) is 3.21. The van der Waals surface area contributed by atoms with Crippen LogP contribution in [0.15, 0.2) is 4.52 Å². The number of rotatable bonds is 5. The molecule has 22 heavy (non-hydrogen) atoms. The van der Waals surface area contributed by atoms with Gasteiger partial charge < -0.3 is 14.7 Å². The van der Waals surface area contributed by atoms with Crippen LogP contribution in [0.1, 0.15) is 56.5 Å². The molecule has 0 aliphatic heterocycles. The Hall–Kier alpha value is -1.52. The largest absolute Gasteiger partial charge is 0.361 e. The maximum Gasteiger partial charge on any atom is 0.317 e. The summed E-state index contributed by atoms with van der Waals surface area (Å²) in [4.78, 5) is 14.0. The molecule has 122 valence electrons. The van der Waals surface area contributed by atoms with E-state index in [4.69, 9.17) is 4.52 Å². The van der Waals surface area contributed by atoms with Gasteiger partial charge in [-0.25, -0.2) is 4.79 Å². The van der Waals surface area contributed by atoms with Crippen molar-refractivity contribution in [1.29, 1.82) is 0 Å². The first-order valence-electron chi connectivity index (χ1n) is 8.47. The number of hydrogen-bond donors (Lipinski definition) is 1.